The van der Waals surface area contributed by atoms with E-state index in [0.717, 1.165) is 32.8 Å². The Labute approximate surface area is 141 Å². The Kier molecular flexibility index (Phi) is 3.95. The fourth-order valence-corrected chi connectivity index (χ4v) is 2.93. The Balaban J connectivity index is 2.41. The molecule has 1 aromatic carbocycles. The second-order valence-electron chi connectivity index (χ2n) is 4.81. The van der Waals surface area contributed by atoms with E-state index in [4.69, 9.17) is 23.2 Å². The summed E-state index contributed by atoms with van der Waals surface area (Å²) in [6.07, 6.45) is 0. The number of fused-ring (bicyclic) bond motifs is 1. The second-order valence-corrected chi connectivity index (χ2v) is 6.79. The van der Waals surface area contributed by atoms with Gasteiger partial charge in [0.15, 0.2) is 5.65 Å². The van der Waals surface area contributed by atoms with E-state index in [1.807, 2.05) is 48.7 Å². The molecule has 0 N–H and O–H groups in total. The van der Waals surface area contributed by atoms with E-state index >= 15 is 0 Å². The minimum Gasteiger partial charge on any atom is -0.278 e. The van der Waals surface area contributed by atoms with Gasteiger partial charge in [-0.05, 0) is 44.2 Å². The third kappa shape index (κ3) is 2.68. The van der Waals surface area contributed by atoms with E-state index in [-0.39, 0.29) is 5.38 Å². The van der Waals surface area contributed by atoms with Crippen molar-refractivity contribution in [2.45, 2.75) is 19.2 Å². The smallest absolute Gasteiger partial charge is 0.165 e. The maximum atomic E-state index is 6.36. The van der Waals surface area contributed by atoms with Crippen molar-refractivity contribution in [1.82, 2.24) is 14.5 Å². The third-order valence-corrected chi connectivity index (χ3v) is 4.18. The average Bonchev–Trinajstić information content (AvgIpc) is 2.80. The van der Waals surface area contributed by atoms with E-state index in [9.17, 15) is 0 Å². The monoisotopic (exact) mass is 383 g/mol. The van der Waals surface area contributed by atoms with Crippen molar-refractivity contribution in [2.75, 3.05) is 0 Å². The second kappa shape index (κ2) is 5.59. The van der Waals surface area contributed by atoms with Crippen LogP contribution in [0.25, 0.3) is 16.9 Å². The molecule has 3 nitrogen and oxygen atoms in total. The molecule has 0 amide bonds. The number of halogens is 3. The Morgan fingerprint density at radius 1 is 1.19 bits per heavy atom. The number of benzene rings is 1. The van der Waals surface area contributed by atoms with Crippen LogP contribution in [0, 0.1) is 6.92 Å². The summed E-state index contributed by atoms with van der Waals surface area (Å²) >= 11 is 16.1. The number of pyridine rings is 1. The molecular formula is C15H12BrCl2N3. The normalized spacial score (nSPS) is 12.8. The minimum atomic E-state index is -0.255. The van der Waals surface area contributed by atoms with Crippen molar-refractivity contribution in [1.29, 1.82) is 0 Å². The number of rotatable bonds is 2. The summed E-state index contributed by atoms with van der Waals surface area (Å²) in [5.41, 5.74) is 3.30. The fourth-order valence-electron chi connectivity index (χ4n) is 2.23. The van der Waals surface area contributed by atoms with Crippen molar-refractivity contribution in [2.24, 2.45) is 0 Å². The Morgan fingerprint density at radius 3 is 2.67 bits per heavy atom. The fraction of sp³-hybridized carbons (Fsp3) is 0.200. The molecule has 0 aliphatic heterocycles. The van der Waals surface area contributed by atoms with Gasteiger partial charge in [-0.2, -0.15) is 0 Å². The van der Waals surface area contributed by atoms with Gasteiger partial charge in [-0.15, -0.1) is 11.6 Å². The van der Waals surface area contributed by atoms with Gasteiger partial charge in [0.1, 0.15) is 11.3 Å². The van der Waals surface area contributed by atoms with Gasteiger partial charge in [0.25, 0.3) is 0 Å². The topological polar surface area (TPSA) is 30.7 Å². The van der Waals surface area contributed by atoms with E-state index in [2.05, 4.69) is 25.9 Å². The van der Waals surface area contributed by atoms with Gasteiger partial charge in [0.2, 0.25) is 0 Å². The molecule has 0 bridgehead atoms. The molecular weight excluding hydrogens is 373 g/mol. The molecule has 0 radical (unpaired) electrons. The van der Waals surface area contributed by atoms with Crippen LogP contribution in [0.4, 0.5) is 0 Å². The molecule has 21 heavy (non-hydrogen) atoms. The highest BCUT2D eigenvalue weighted by Gasteiger charge is 2.19. The predicted molar refractivity (Wildman–Crippen MR) is 90.6 cm³/mol. The summed E-state index contributed by atoms with van der Waals surface area (Å²) in [5, 5.41) is 0.369. The molecule has 0 fully saturated rings. The number of aromatic nitrogens is 3. The largest absolute Gasteiger partial charge is 0.278 e. The van der Waals surface area contributed by atoms with E-state index < -0.39 is 0 Å². The van der Waals surface area contributed by atoms with Crippen LogP contribution in [0.2, 0.25) is 5.02 Å². The number of aryl methyl sites for hydroxylation is 1. The Morgan fingerprint density at radius 2 is 1.95 bits per heavy atom. The van der Waals surface area contributed by atoms with Crippen molar-refractivity contribution < 1.29 is 0 Å². The molecule has 1 atom stereocenters. The minimum absolute atomic E-state index is 0.255. The molecule has 0 aliphatic rings. The summed E-state index contributed by atoms with van der Waals surface area (Å²) in [6.45, 7) is 3.83. The van der Waals surface area contributed by atoms with E-state index in [1.165, 1.54) is 0 Å². The maximum Gasteiger partial charge on any atom is 0.165 e. The summed E-state index contributed by atoms with van der Waals surface area (Å²) in [7, 11) is 0. The summed E-state index contributed by atoms with van der Waals surface area (Å²) < 4.78 is 2.86. The Bertz CT molecular complexity index is 827. The van der Waals surface area contributed by atoms with Gasteiger partial charge in [-0.3, -0.25) is 4.57 Å². The van der Waals surface area contributed by atoms with Crippen molar-refractivity contribution in [3.8, 4) is 5.69 Å². The van der Waals surface area contributed by atoms with Crippen LogP contribution in [-0.4, -0.2) is 14.5 Å². The lowest BCUT2D eigenvalue weighted by atomic mass is 10.3. The number of hydrogen-bond acceptors (Lipinski definition) is 2. The highest BCUT2D eigenvalue weighted by Crippen LogP contribution is 2.32. The quantitative estimate of drug-likeness (QED) is 0.550. The molecule has 2 aromatic heterocycles. The van der Waals surface area contributed by atoms with E-state index in [0.29, 0.717) is 5.02 Å². The van der Waals surface area contributed by atoms with Gasteiger partial charge in [0.05, 0.1) is 16.1 Å². The van der Waals surface area contributed by atoms with Crippen molar-refractivity contribution in [3.63, 3.8) is 0 Å². The van der Waals surface area contributed by atoms with Crippen LogP contribution in [0.1, 0.15) is 23.8 Å². The first kappa shape index (κ1) is 14.8. The third-order valence-electron chi connectivity index (χ3n) is 3.17. The lowest BCUT2D eigenvalue weighted by Crippen LogP contribution is -2.03. The number of hydrogen-bond donors (Lipinski definition) is 0. The first-order valence-electron chi connectivity index (χ1n) is 6.43. The molecule has 108 valence electrons. The molecule has 1 unspecified atom stereocenters. The standard InChI is InChI=1S/C15H12BrCl2N3/c1-8-3-6-12-15(19-8)21(14(20-12)9(2)17)13-7-10(16)4-5-11(13)18/h3-7,9H,1-2H3. The average molecular weight is 385 g/mol. The van der Waals surface area contributed by atoms with Gasteiger partial charge in [-0.25, -0.2) is 9.97 Å². The van der Waals surface area contributed by atoms with Crippen LogP contribution in [0.15, 0.2) is 34.8 Å². The van der Waals surface area contributed by atoms with Crippen LogP contribution >= 0.6 is 39.1 Å². The highest BCUT2D eigenvalue weighted by atomic mass is 79.9. The zero-order valence-electron chi connectivity index (χ0n) is 11.4. The number of alkyl halides is 1. The molecule has 3 rings (SSSR count). The molecule has 6 heteroatoms. The first-order chi connectivity index (χ1) is 9.97. The molecule has 0 saturated carbocycles. The maximum absolute atomic E-state index is 6.36. The van der Waals surface area contributed by atoms with Gasteiger partial charge >= 0.3 is 0 Å². The van der Waals surface area contributed by atoms with Gasteiger partial charge in [-0.1, -0.05) is 27.5 Å². The van der Waals surface area contributed by atoms with Crippen LogP contribution in [-0.2, 0) is 0 Å². The molecule has 0 spiro atoms. The molecule has 3 aromatic rings. The molecule has 0 aliphatic carbocycles. The number of imidazole rings is 1. The lowest BCUT2D eigenvalue weighted by Gasteiger charge is -2.12. The summed E-state index contributed by atoms with van der Waals surface area (Å²) in [6, 6.07) is 9.56. The van der Waals surface area contributed by atoms with Crippen LogP contribution < -0.4 is 0 Å². The highest BCUT2D eigenvalue weighted by molar-refractivity contribution is 9.10. The predicted octanol–water partition coefficient (Wildman–Crippen LogP) is 5.44. The first-order valence-corrected chi connectivity index (χ1v) is 8.03. The molecule has 0 saturated heterocycles. The van der Waals surface area contributed by atoms with Crippen molar-refractivity contribution >= 4 is 50.3 Å². The number of nitrogens with zero attached hydrogens (tertiary/aromatic N) is 3. The van der Waals surface area contributed by atoms with Gasteiger partial charge < -0.3 is 0 Å². The Hall–Kier alpha value is -1.10. The van der Waals surface area contributed by atoms with Crippen molar-refractivity contribution in [3.05, 3.63) is 51.3 Å². The SMILES string of the molecule is Cc1ccc2nc(C(C)Cl)n(-c3cc(Br)ccc3Cl)c2n1. The zero-order chi connectivity index (χ0) is 15.1. The van der Waals surface area contributed by atoms with Gasteiger partial charge in [0, 0.05) is 10.2 Å². The van der Waals surface area contributed by atoms with E-state index in [1.54, 1.807) is 0 Å². The zero-order valence-corrected chi connectivity index (χ0v) is 14.5. The van der Waals surface area contributed by atoms with Crippen LogP contribution in [0.5, 0.6) is 0 Å². The summed E-state index contributed by atoms with van der Waals surface area (Å²) in [4.78, 5) is 9.19. The molecule has 2 heterocycles. The summed E-state index contributed by atoms with van der Waals surface area (Å²) in [5.74, 6) is 0.727. The lowest BCUT2D eigenvalue weighted by molar-refractivity contribution is 0.875. The van der Waals surface area contributed by atoms with Crippen LogP contribution in [0.3, 0.4) is 0 Å².